The van der Waals surface area contributed by atoms with Crippen molar-refractivity contribution in [2.45, 2.75) is 31.7 Å². The minimum absolute atomic E-state index is 0.114. The zero-order valence-electron chi connectivity index (χ0n) is 13.8. The van der Waals surface area contributed by atoms with E-state index in [0.717, 1.165) is 22.2 Å². The molecule has 0 radical (unpaired) electrons. The second kappa shape index (κ2) is 7.84. The fraction of sp³-hybridized carbons (Fsp3) is 0.350. The predicted octanol–water partition coefficient (Wildman–Crippen LogP) is 4.66. The van der Waals surface area contributed by atoms with Crippen LogP contribution in [-0.4, -0.2) is 13.0 Å². The van der Waals surface area contributed by atoms with E-state index < -0.39 is 0 Å². The molecular formula is C20H22BrNO2. The summed E-state index contributed by atoms with van der Waals surface area (Å²) in [6.45, 7) is 0. The Hall–Kier alpha value is -1.81. The van der Waals surface area contributed by atoms with Gasteiger partial charge in [0, 0.05) is 10.9 Å². The molecule has 1 atom stereocenters. The van der Waals surface area contributed by atoms with Crippen molar-refractivity contribution in [3.8, 4) is 5.75 Å². The molecule has 1 amide bonds. The first-order valence-electron chi connectivity index (χ1n) is 8.33. The Balaban J connectivity index is 1.59. The van der Waals surface area contributed by atoms with Crippen molar-refractivity contribution in [1.82, 2.24) is 5.32 Å². The zero-order chi connectivity index (χ0) is 16.9. The van der Waals surface area contributed by atoms with Crippen LogP contribution in [0.5, 0.6) is 5.75 Å². The van der Waals surface area contributed by atoms with Crippen LogP contribution in [0.1, 0.15) is 36.4 Å². The Kier molecular flexibility index (Phi) is 5.56. The molecule has 0 heterocycles. The highest BCUT2D eigenvalue weighted by molar-refractivity contribution is 9.10. The van der Waals surface area contributed by atoms with Gasteiger partial charge in [0.25, 0.3) is 0 Å². The predicted molar refractivity (Wildman–Crippen MR) is 99.1 cm³/mol. The first kappa shape index (κ1) is 17.0. The molecule has 1 unspecified atom stereocenters. The first-order valence-corrected chi connectivity index (χ1v) is 9.13. The molecule has 1 N–H and O–H groups in total. The number of hydrogen-bond acceptors (Lipinski definition) is 2. The van der Waals surface area contributed by atoms with Crippen LogP contribution >= 0.6 is 15.9 Å². The highest BCUT2D eigenvalue weighted by Crippen LogP contribution is 2.41. The Bertz CT molecular complexity index is 695. The van der Waals surface area contributed by atoms with Crippen molar-refractivity contribution in [1.29, 1.82) is 0 Å². The molecule has 3 nitrogen and oxygen atoms in total. The third-order valence-electron chi connectivity index (χ3n) is 4.41. The summed E-state index contributed by atoms with van der Waals surface area (Å²) in [6, 6.07) is 16.3. The molecule has 2 aromatic carbocycles. The maximum absolute atomic E-state index is 12.4. The number of halogens is 1. The Morgan fingerprint density at radius 1 is 1.25 bits per heavy atom. The van der Waals surface area contributed by atoms with Crippen LogP contribution in [0.15, 0.2) is 53.0 Å². The van der Waals surface area contributed by atoms with Gasteiger partial charge in [0.2, 0.25) is 5.91 Å². The molecule has 24 heavy (non-hydrogen) atoms. The van der Waals surface area contributed by atoms with Gasteiger partial charge in [-0.15, -0.1) is 0 Å². The monoisotopic (exact) mass is 387 g/mol. The van der Waals surface area contributed by atoms with E-state index in [9.17, 15) is 4.79 Å². The molecule has 3 rings (SSSR count). The Labute approximate surface area is 151 Å². The van der Waals surface area contributed by atoms with E-state index in [1.807, 2.05) is 24.3 Å². The van der Waals surface area contributed by atoms with Gasteiger partial charge >= 0.3 is 0 Å². The number of hydrogen-bond donors (Lipinski definition) is 1. The van der Waals surface area contributed by atoms with Gasteiger partial charge in [0.05, 0.1) is 13.2 Å². The molecule has 1 aliphatic rings. The van der Waals surface area contributed by atoms with Gasteiger partial charge < -0.3 is 10.1 Å². The number of aryl methyl sites for hydroxylation is 1. The molecule has 0 aliphatic heterocycles. The lowest BCUT2D eigenvalue weighted by Crippen LogP contribution is -2.30. The van der Waals surface area contributed by atoms with Crippen molar-refractivity contribution < 1.29 is 9.53 Å². The molecule has 4 heteroatoms. The lowest BCUT2D eigenvalue weighted by Gasteiger charge is -2.19. The summed E-state index contributed by atoms with van der Waals surface area (Å²) in [5.41, 5.74) is 2.33. The molecule has 0 aromatic heterocycles. The number of carbonyl (C=O) groups excluding carboxylic acids is 1. The van der Waals surface area contributed by atoms with Gasteiger partial charge in [0.15, 0.2) is 0 Å². The number of methoxy groups -OCH3 is 1. The van der Waals surface area contributed by atoms with Gasteiger partial charge in [-0.05, 0) is 60.6 Å². The van der Waals surface area contributed by atoms with Crippen LogP contribution in [0, 0.1) is 5.92 Å². The fourth-order valence-corrected chi connectivity index (χ4v) is 3.36. The van der Waals surface area contributed by atoms with E-state index in [1.165, 1.54) is 18.4 Å². The summed E-state index contributed by atoms with van der Waals surface area (Å²) in [5, 5.41) is 3.23. The smallest absolute Gasteiger partial charge is 0.220 e. The zero-order valence-corrected chi connectivity index (χ0v) is 15.4. The van der Waals surface area contributed by atoms with Gasteiger partial charge in [0.1, 0.15) is 5.75 Å². The lowest BCUT2D eigenvalue weighted by molar-refractivity contribution is -0.122. The Morgan fingerprint density at radius 3 is 2.62 bits per heavy atom. The topological polar surface area (TPSA) is 38.3 Å². The van der Waals surface area contributed by atoms with E-state index in [1.54, 1.807) is 7.11 Å². The summed E-state index contributed by atoms with van der Waals surface area (Å²) in [5.74, 6) is 1.52. The average Bonchev–Trinajstić information content (AvgIpc) is 3.43. The number of rotatable bonds is 7. The molecule has 2 aromatic rings. The molecule has 0 bridgehead atoms. The SMILES string of the molecule is COc1ccc(C(NC(=O)CCc2cccc(Br)c2)C2CC2)cc1. The standard InChI is InChI=1S/C20H22BrNO2/c1-24-18-10-8-16(9-11-18)20(15-6-7-15)22-19(23)12-5-14-3-2-4-17(21)13-14/h2-4,8-11,13,15,20H,5-7,12H2,1H3,(H,22,23). The third kappa shape index (κ3) is 4.60. The maximum Gasteiger partial charge on any atom is 0.220 e. The minimum atomic E-state index is 0.114. The van der Waals surface area contributed by atoms with Crippen molar-refractivity contribution in [3.05, 3.63) is 64.1 Å². The number of amides is 1. The van der Waals surface area contributed by atoms with Crippen LogP contribution in [0.25, 0.3) is 0 Å². The number of carbonyl (C=O) groups is 1. The van der Waals surface area contributed by atoms with Gasteiger partial charge in [-0.1, -0.05) is 40.2 Å². The van der Waals surface area contributed by atoms with Gasteiger partial charge in [-0.2, -0.15) is 0 Å². The van der Waals surface area contributed by atoms with Gasteiger partial charge in [-0.25, -0.2) is 0 Å². The highest BCUT2D eigenvalue weighted by atomic mass is 79.9. The van der Waals surface area contributed by atoms with E-state index in [2.05, 4.69) is 45.5 Å². The van der Waals surface area contributed by atoms with Crippen molar-refractivity contribution >= 4 is 21.8 Å². The number of ether oxygens (including phenoxy) is 1. The number of nitrogens with one attached hydrogen (secondary N) is 1. The van der Waals surface area contributed by atoms with Crippen LogP contribution in [0.4, 0.5) is 0 Å². The molecule has 0 saturated heterocycles. The lowest BCUT2D eigenvalue weighted by atomic mass is 10.0. The van der Waals surface area contributed by atoms with Crippen molar-refractivity contribution in [3.63, 3.8) is 0 Å². The molecule has 1 aliphatic carbocycles. The normalized spacial score (nSPS) is 14.9. The van der Waals surface area contributed by atoms with Crippen molar-refractivity contribution in [2.75, 3.05) is 7.11 Å². The highest BCUT2D eigenvalue weighted by Gasteiger charge is 2.33. The summed E-state index contributed by atoms with van der Waals surface area (Å²) in [6.07, 6.45) is 3.63. The average molecular weight is 388 g/mol. The Morgan fingerprint density at radius 2 is 2.00 bits per heavy atom. The van der Waals surface area contributed by atoms with Crippen LogP contribution in [0.2, 0.25) is 0 Å². The molecule has 1 saturated carbocycles. The van der Waals surface area contributed by atoms with Gasteiger partial charge in [-0.3, -0.25) is 4.79 Å². The number of benzene rings is 2. The second-order valence-electron chi connectivity index (χ2n) is 6.29. The fourth-order valence-electron chi connectivity index (χ4n) is 2.91. The summed E-state index contributed by atoms with van der Waals surface area (Å²) in [4.78, 5) is 12.4. The third-order valence-corrected chi connectivity index (χ3v) is 4.91. The maximum atomic E-state index is 12.4. The van der Waals surface area contributed by atoms with E-state index in [0.29, 0.717) is 12.3 Å². The second-order valence-corrected chi connectivity index (χ2v) is 7.20. The minimum Gasteiger partial charge on any atom is -0.497 e. The summed E-state index contributed by atoms with van der Waals surface area (Å²) >= 11 is 3.47. The largest absolute Gasteiger partial charge is 0.497 e. The van der Waals surface area contributed by atoms with E-state index in [-0.39, 0.29) is 11.9 Å². The van der Waals surface area contributed by atoms with E-state index >= 15 is 0 Å². The molecule has 1 fully saturated rings. The van der Waals surface area contributed by atoms with Crippen LogP contribution in [-0.2, 0) is 11.2 Å². The van der Waals surface area contributed by atoms with E-state index in [4.69, 9.17) is 4.74 Å². The van der Waals surface area contributed by atoms with Crippen LogP contribution < -0.4 is 10.1 Å². The summed E-state index contributed by atoms with van der Waals surface area (Å²) < 4.78 is 6.26. The van der Waals surface area contributed by atoms with Crippen molar-refractivity contribution in [2.24, 2.45) is 5.92 Å². The molecule has 126 valence electrons. The first-order chi connectivity index (χ1) is 11.7. The summed E-state index contributed by atoms with van der Waals surface area (Å²) in [7, 11) is 1.66. The quantitative estimate of drug-likeness (QED) is 0.750. The molecule has 0 spiro atoms. The van der Waals surface area contributed by atoms with Crippen LogP contribution in [0.3, 0.4) is 0 Å². The molecular weight excluding hydrogens is 366 g/mol.